The summed E-state index contributed by atoms with van der Waals surface area (Å²) in [6.07, 6.45) is 0.717. The van der Waals surface area contributed by atoms with Gasteiger partial charge in [-0.05, 0) is 51.7 Å². The first kappa shape index (κ1) is 12.8. The number of aromatic hydroxyl groups is 1. The number of benzene rings is 2. The lowest BCUT2D eigenvalue weighted by Crippen LogP contribution is -1.96. The molecule has 18 heavy (non-hydrogen) atoms. The van der Waals surface area contributed by atoms with Crippen molar-refractivity contribution in [2.45, 2.75) is 6.42 Å². The molecule has 0 aliphatic rings. The van der Waals surface area contributed by atoms with Gasteiger partial charge >= 0.3 is 0 Å². The first-order valence-corrected chi connectivity index (χ1v) is 6.29. The Labute approximate surface area is 114 Å². The van der Waals surface area contributed by atoms with Gasteiger partial charge in [0.1, 0.15) is 11.5 Å². The fourth-order valence-electron chi connectivity index (χ4n) is 1.74. The Morgan fingerprint density at radius 1 is 1.22 bits per heavy atom. The lowest BCUT2D eigenvalue weighted by molar-refractivity contribution is 0.414. The number of hydrogen-bond donors (Lipinski definition) is 2. The van der Waals surface area contributed by atoms with E-state index >= 15 is 0 Å². The molecule has 2 aromatic carbocycles. The van der Waals surface area contributed by atoms with Crippen LogP contribution in [-0.4, -0.2) is 12.2 Å². The summed E-state index contributed by atoms with van der Waals surface area (Å²) in [5.41, 5.74) is 8.59. The number of phenols is 1. The van der Waals surface area contributed by atoms with Crippen LogP contribution in [0.3, 0.4) is 0 Å². The number of hydrogen-bond acceptors (Lipinski definition) is 3. The molecule has 3 N–H and O–H groups in total. The van der Waals surface area contributed by atoms with Crippen molar-refractivity contribution in [3.8, 4) is 11.5 Å². The van der Waals surface area contributed by atoms with Gasteiger partial charge in [0.15, 0.2) is 0 Å². The zero-order valence-electron chi connectivity index (χ0n) is 9.98. The summed E-state index contributed by atoms with van der Waals surface area (Å²) in [5, 5.41) is 9.52. The molecule has 0 aromatic heterocycles. The van der Waals surface area contributed by atoms with Gasteiger partial charge < -0.3 is 15.6 Å². The van der Waals surface area contributed by atoms with Crippen molar-refractivity contribution in [1.82, 2.24) is 0 Å². The molecule has 2 rings (SSSR count). The molecule has 0 radical (unpaired) electrons. The normalized spacial score (nSPS) is 10.3. The Kier molecular flexibility index (Phi) is 3.77. The molecule has 0 aliphatic heterocycles. The third kappa shape index (κ3) is 2.76. The zero-order valence-corrected chi connectivity index (χ0v) is 11.6. The van der Waals surface area contributed by atoms with Gasteiger partial charge in [0.25, 0.3) is 0 Å². The van der Waals surface area contributed by atoms with Gasteiger partial charge in [-0.1, -0.05) is 12.1 Å². The zero-order chi connectivity index (χ0) is 13.1. The first-order chi connectivity index (χ1) is 8.60. The van der Waals surface area contributed by atoms with E-state index in [1.165, 1.54) is 0 Å². The molecule has 3 nitrogen and oxygen atoms in total. The summed E-state index contributed by atoms with van der Waals surface area (Å²) in [6, 6.07) is 11.2. The van der Waals surface area contributed by atoms with Crippen LogP contribution in [0.2, 0.25) is 0 Å². The van der Waals surface area contributed by atoms with Crippen LogP contribution in [0.1, 0.15) is 11.1 Å². The summed E-state index contributed by atoms with van der Waals surface area (Å²) in [4.78, 5) is 0. The van der Waals surface area contributed by atoms with Crippen molar-refractivity contribution in [3.63, 3.8) is 0 Å². The average molecular weight is 308 g/mol. The van der Waals surface area contributed by atoms with Gasteiger partial charge in [0, 0.05) is 11.8 Å². The number of rotatable bonds is 3. The fourth-order valence-corrected chi connectivity index (χ4v) is 2.13. The van der Waals surface area contributed by atoms with Gasteiger partial charge in [-0.15, -0.1) is 0 Å². The molecular weight excluding hydrogens is 294 g/mol. The van der Waals surface area contributed by atoms with E-state index in [0.29, 0.717) is 16.6 Å². The fraction of sp³-hybridized carbons (Fsp3) is 0.143. The van der Waals surface area contributed by atoms with Crippen molar-refractivity contribution in [3.05, 3.63) is 52.0 Å². The van der Waals surface area contributed by atoms with E-state index in [1.54, 1.807) is 13.2 Å². The van der Waals surface area contributed by atoms with Crippen LogP contribution in [0.5, 0.6) is 11.5 Å². The maximum Gasteiger partial charge on any atom is 0.131 e. The number of nitrogen functional groups attached to an aromatic ring is 1. The average Bonchev–Trinajstić information content (AvgIpc) is 2.37. The number of ether oxygens (including phenoxy) is 1. The van der Waals surface area contributed by atoms with Crippen molar-refractivity contribution in [2.24, 2.45) is 0 Å². The maximum atomic E-state index is 9.52. The molecule has 0 heterocycles. The molecule has 0 unspecified atom stereocenters. The molecule has 0 saturated carbocycles. The number of halogens is 1. The quantitative estimate of drug-likeness (QED) is 0.855. The monoisotopic (exact) mass is 307 g/mol. The minimum absolute atomic E-state index is 0.158. The van der Waals surface area contributed by atoms with E-state index in [4.69, 9.17) is 10.5 Å². The number of methoxy groups -OCH3 is 1. The van der Waals surface area contributed by atoms with Gasteiger partial charge in [0.2, 0.25) is 0 Å². The summed E-state index contributed by atoms with van der Waals surface area (Å²) in [6.45, 7) is 0. The number of phenolic OH excluding ortho intramolecular Hbond substituents is 1. The van der Waals surface area contributed by atoms with Crippen molar-refractivity contribution < 1.29 is 9.84 Å². The standard InChI is InChI=1S/C14H14BrNO2/c1-18-11-4-2-9(3-5-11)6-10-7-12(15)14(17)8-13(10)16/h2-5,7-8,17H,6,16H2,1H3. The molecular formula is C14H14BrNO2. The molecule has 0 saturated heterocycles. The van der Waals surface area contributed by atoms with Crippen molar-refractivity contribution in [2.75, 3.05) is 12.8 Å². The second kappa shape index (κ2) is 5.31. The van der Waals surface area contributed by atoms with Gasteiger partial charge in [-0.25, -0.2) is 0 Å². The Hall–Kier alpha value is -1.68. The SMILES string of the molecule is COc1ccc(Cc2cc(Br)c(O)cc2N)cc1. The van der Waals surface area contributed by atoms with E-state index in [9.17, 15) is 5.11 Å². The number of anilines is 1. The largest absolute Gasteiger partial charge is 0.507 e. The second-order valence-corrected chi connectivity index (χ2v) is 4.88. The van der Waals surface area contributed by atoms with Crippen molar-refractivity contribution in [1.29, 1.82) is 0 Å². The highest BCUT2D eigenvalue weighted by molar-refractivity contribution is 9.10. The van der Waals surface area contributed by atoms with Crippen LogP contribution in [0, 0.1) is 0 Å². The third-order valence-electron chi connectivity index (χ3n) is 2.76. The van der Waals surface area contributed by atoms with Gasteiger partial charge in [-0.3, -0.25) is 0 Å². The van der Waals surface area contributed by atoms with Gasteiger partial charge in [0.05, 0.1) is 11.6 Å². The minimum Gasteiger partial charge on any atom is -0.507 e. The lowest BCUT2D eigenvalue weighted by atomic mass is 10.0. The molecule has 0 amide bonds. The van der Waals surface area contributed by atoms with Crippen molar-refractivity contribution >= 4 is 21.6 Å². The summed E-state index contributed by atoms with van der Waals surface area (Å²) in [7, 11) is 1.64. The molecule has 0 fully saturated rings. The highest BCUT2D eigenvalue weighted by atomic mass is 79.9. The summed E-state index contributed by atoms with van der Waals surface area (Å²) >= 11 is 3.29. The van der Waals surface area contributed by atoms with Crippen LogP contribution in [0.25, 0.3) is 0 Å². The topological polar surface area (TPSA) is 55.5 Å². The first-order valence-electron chi connectivity index (χ1n) is 5.50. The van der Waals surface area contributed by atoms with Crippen LogP contribution in [0.15, 0.2) is 40.9 Å². The van der Waals surface area contributed by atoms with Crippen LogP contribution in [-0.2, 0) is 6.42 Å². The van der Waals surface area contributed by atoms with Crippen LogP contribution < -0.4 is 10.5 Å². The maximum absolute atomic E-state index is 9.52. The highest BCUT2D eigenvalue weighted by Gasteiger charge is 2.06. The molecule has 0 spiro atoms. The van der Waals surface area contributed by atoms with E-state index in [2.05, 4.69) is 15.9 Å². The molecule has 0 bridgehead atoms. The van der Waals surface area contributed by atoms with E-state index < -0.39 is 0 Å². The van der Waals surface area contributed by atoms with E-state index in [0.717, 1.165) is 16.9 Å². The molecule has 0 aliphatic carbocycles. The highest BCUT2D eigenvalue weighted by Crippen LogP contribution is 2.30. The Morgan fingerprint density at radius 2 is 1.89 bits per heavy atom. The third-order valence-corrected chi connectivity index (χ3v) is 3.40. The summed E-state index contributed by atoms with van der Waals surface area (Å²) in [5.74, 6) is 0.990. The van der Waals surface area contributed by atoms with Crippen LogP contribution in [0.4, 0.5) is 5.69 Å². The molecule has 2 aromatic rings. The predicted octanol–water partition coefficient (Wildman–Crippen LogP) is 3.34. The molecule has 94 valence electrons. The smallest absolute Gasteiger partial charge is 0.131 e. The Balaban J connectivity index is 2.25. The Morgan fingerprint density at radius 3 is 2.50 bits per heavy atom. The minimum atomic E-state index is 0.158. The lowest BCUT2D eigenvalue weighted by Gasteiger charge is -2.08. The second-order valence-electron chi connectivity index (χ2n) is 4.03. The Bertz CT molecular complexity index is 552. The molecule has 0 atom stereocenters. The summed E-state index contributed by atoms with van der Waals surface area (Å²) < 4.78 is 5.77. The van der Waals surface area contributed by atoms with E-state index in [1.807, 2.05) is 30.3 Å². The van der Waals surface area contributed by atoms with Gasteiger partial charge in [-0.2, -0.15) is 0 Å². The number of nitrogens with two attached hydrogens (primary N) is 1. The van der Waals surface area contributed by atoms with Crippen LogP contribution >= 0.6 is 15.9 Å². The predicted molar refractivity (Wildman–Crippen MR) is 76.0 cm³/mol. The van der Waals surface area contributed by atoms with E-state index in [-0.39, 0.29) is 5.75 Å². The molecule has 4 heteroatoms.